The van der Waals surface area contributed by atoms with Crippen LogP contribution in [0.5, 0.6) is 0 Å². The number of ether oxygens (including phenoxy) is 2. The Kier molecular flexibility index (Phi) is 28.3. The van der Waals surface area contributed by atoms with Crippen molar-refractivity contribution in [1.29, 1.82) is 0 Å². The number of esters is 1. The number of carbonyl (C=O) groups excluding carboxylic acids is 3. The first kappa shape index (κ1) is 61.4. The molecule has 0 radical (unpaired) electrons. The normalized spacial score (nSPS) is 11.0. The lowest BCUT2D eigenvalue weighted by Gasteiger charge is -2.25. The standard InChI is InChI=1S/C15H12BrClF4N2O2.C14H20ClNO2.C8H11Cl2NO.C3H8NO5P/c1-6(2)25-14(24)7-4-8(10(18)5-9(7)17)12-11(16)13(15(19,20)21)23(3)22-12;1-4-12-8-6-7-11(3)14(12)16(10-18-5-2)13(17)9-15;1-3-5-11(6-4-2)8(12)7(9)10;5-3(6)1-4-2-10(7,8)9/h4-6H,1-3H3;6-8H,4-5,9-10H2,1-3H3;3-4,7H,1-2,5-6H2;4H,1-2H2,(H,5,6)(H2,7,8,9). The summed E-state index contributed by atoms with van der Waals surface area (Å²) in [4.78, 5) is 63.4. The van der Waals surface area contributed by atoms with Crippen molar-refractivity contribution < 1.29 is 65.7 Å². The number of carbonyl (C=O) groups is 4. The number of aryl methyl sites for hydroxylation is 3. The Morgan fingerprint density at radius 1 is 1.09 bits per heavy atom. The maximum atomic E-state index is 14.3. The molecule has 15 nitrogen and oxygen atoms in total. The second-order valence-electron chi connectivity index (χ2n) is 13.2. The minimum Gasteiger partial charge on any atom is -0.480 e. The van der Waals surface area contributed by atoms with Crippen molar-refractivity contribution in [3.8, 4) is 11.3 Å². The van der Waals surface area contributed by atoms with Crippen molar-refractivity contribution in [2.75, 3.05) is 50.0 Å². The maximum Gasteiger partial charge on any atom is 0.434 e. The highest BCUT2D eigenvalue weighted by Crippen LogP contribution is 2.41. The molecule has 0 aliphatic heterocycles. The van der Waals surface area contributed by atoms with Gasteiger partial charge >= 0.3 is 25.7 Å². The van der Waals surface area contributed by atoms with E-state index in [2.05, 4.69) is 46.4 Å². The number of aliphatic carboxylic acids is 1. The van der Waals surface area contributed by atoms with Gasteiger partial charge in [-0.25, -0.2) is 9.18 Å². The number of benzene rings is 2. The van der Waals surface area contributed by atoms with E-state index < -0.39 is 65.5 Å². The van der Waals surface area contributed by atoms with Gasteiger partial charge in [-0.1, -0.05) is 72.1 Å². The zero-order chi connectivity index (χ0) is 50.4. The van der Waals surface area contributed by atoms with Crippen LogP contribution in [0.25, 0.3) is 11.3 Å². The fraction of sp³-hybridized carbons (Fsp3) is 0.425. The van der Waals surface area contributed by atoms with Crippen LogP contribution in [0.3, 0.4) is 0 Å². The molecule has 3 aromatic rings. The van der Waals surface area contributed by atoms with E-state index in [0.29, 0.717) is 24.4 Å². The summed E-state index contributed by atoms with van der Waals surface area (Å²) in [6, 6.07) is 7.89. The SMILES string of the molecule is C=CCN(CC=C)C(=O)C(Cl)Cl.CC(C)OC(=O)c1cc(-c2nn(C)c(C(F)(F)F)c2Br)c(F)cc1Cl.CCOCN(C(=O)CCl)c1c(C)cccc1CC.O=C(O)CNCP(=O)(O)O. The third kappa shape index (κ3) is 21.7. The van der Waals surface area contributed by atoms with Gasteiger partial charge in [-0.2, -0.15) is 18.3 Å². The van der Waals surface area contributed by atoms with E-state index in [1.54, 1.807) is 30.9 Å². The summed E-state index contributed by atoms with van der Waals surface area (Å²) in [5.74, 6) is -3.37. The number of amides is 2. The van der Waals surface area contributed by atoms with Crippen LogP contribution in [0.15, 0.2) is 60.1 Å². The number of nitrogens with one attached hydrogen (secondary N) is 1. The van der Waals surface area contributed by atoms with Gasteiger partial charge in [0, 0.05) is 32.3 Å². The second kappa shape index (κ2) is 29.9. The van der Waals surface area contributed by atoms with Gasteiger partial charge in [-0.15, -0.1) is 24.8 Å². The van der Waals surface area contributed by atoms with Crippen LogP contribution in [0, 0.1) is 12.7 Å². The van der Waals surface area contributed by atoms with Gasteiger partial charge in [0.15, 0.2) is 10.5 Å². The number of carboxylic acid groups (broad SMARTS) is 1. The number of nitrogens with zero attached hydrogens (tertiary/aromatic N) is 4. The van der Waals surface area contributed by atoms with Gasteiger partial charge < -0.3 is 29.3 Å². The lowest BCUT2D eigenvalue weighted by Crippen LogP contribution is -2.35. The quantitative estimate of drug-likeness (QED) is 0.0236. The molecule has 2 amide bonds. The molecule has 0 atom stereocenters. The van der Waals surface area contributed by atoms with Gasteiger partial charge in [-0.3, -0.25) is 33.8 Å². The first-order chi connectivity index (χ1) is 30.1. The predicted molar refractivity (Wildman–Crippen MR) is 247 cm³/mol. The molecule has 0 aliphatic carbocycles. The van der Waals surface area contributed by atoms with E-state index >= 15 is 0 Å². The summed E-state index contributed by atoms with van der Waals surface area (Å²) >= 11 is 25.1. The monoisotopic (exact) mass is 1090 g/mol. The van der Waals surface area contributed by atoms with Crippen molar-refractivity contribution in [3.05, 3.63) is 93.3 Å². The molecule has 0 fully saturated rings. The number of hydrogen-bond donors (Lipinski definition) is 4. The largest absolute Gasteiger partial charge is 0.480 e. The summed E-state index contributed by atoms with van der Waals surface area (Å²) in [6.07, 6.45) is -1.65. The van der Waals surface area contributed by atoms with Crippen LogP contribution in [0.1, 0.15) is 54.9 Å². The third-order valence-electron chi connectivity index (χ3n) is 7.74. The van der Waals surface area contributed by atoms with Crippen LogP contribution in [0.4, 0.5) is 23.2 Å². The van der Waals surface area contributed by atoms with Crippen LogP contribution >= 0.6 is 69.9 Å². The molecular weight excluding hydrogens is 1040 g/mol. The Labute approximate surface area is 402 Å². The molecule has 0 saturated carbocycles. The Bertz CT molecular complexity index is 2120. The topological polar surface area (TPSA) is 201 Å². The van der Waals surface area contributed by atoms with Gasteiger partial charge in [0.05, 0.1) is 39.7 Å². The number of carboxylic acids is 1. The maximum absolute atomic E-state index is 14.3. The van der Waals surface area contributed by atoms with E-state index in [1.165, 1.54) is 4.90 Å². The Hall–Kier alpha value is -3.56. The summed E-state index contributed by atoms with van der Waals surface area (Å²) < 4.78 is 74.1. The Morgan fingerprint density at radius 2 is 1.68 bits per heavy atom. The van der Waals surface area contributed by atoms with E-state index in [0.717, 1.165) is 42.4 Å². The van der Waals surface area contributed by atoms with Crippen molar-refractivity contribution in [1.82, 2.24) is 20.0 Å². The lowest BCUT2D eigenvalue weighted by molar-refractivity contribution is -0.144. The lowest BCUT2D eigenvalue weighted by atomic mass is 10.0. The summed E-state index contributed by atoms with van der Waals surface area (Å²) in [6.45, 7) is 17.5. The zero-order valence-corrected chi connectivity index (χ0v) is 41.6. The number of halogens is 9. The fourth-order valence-corrected chi connectivity index (χ4v) is 6.89. The average Bonchev–Trinajstić information content (AvgIpc) is 3.50. The van der Waals surface area contributed by atoms with Crippen molar-refractivity contribution >= 4 is 99.4 Å². The van der Waals surface area contributed by atoms with Crippen molar-refractivity contribution in [2.45, 2.75) is 58.2 Å². The molecule has 4 N–H and O–H groups in total. The molecule has 0 spiro atoms. The summed E-state index contributed by atoms with van der Waals surface area (Å²) in [7, 11) is -3.01. The molecule has 1 aromatic heterocycles. The van der Waals surface area contributed by atoms with Crippen LogP contribution in [-0.4, -0.2) is 109 Å². The predicted octanol–water partition coefficient (Wildman–Crippen LogP) is 9.14. The van der Waals surface area contributed by atoms with Crippen LogP contribution < -0.4 is 10.2 Å². The molecule has 1 heterocycles. The smallest absolute Gasteiger partial charge is 0.434 e. The summed E-state index contributed by atoms with van der Waals surface area (Å²) in [5, 5.41) is 13.6. The molecule has 25 heteroatoms. The number of anilines is 1. The first-order valence-corrected chi connectivity index (χ1v) is 23.3. The van der Waals surface area contributed by atoms with E-state index in [9.17, 15) is 41.3 Å². The summed E-state index contributed by atoms with van der Waals surface area (Å²) in [5.41, 5.74) is 1.27. The Morgan fingerprint density at radius 3 is 2.11 bits per heavy atom. The van der Waals surface area contributed by atoms with Gasteiger partial charge in [0.1, 0.15) is 24.1 Å². The molecule has 0 saturated heterocycles. The van der Waals surface area contributed by atoms with Crippen molar-refractivity contribution in [2.24, 2.45) is 7.05 Å². The molecule has 0 aliphatic rings. The van der Waals surface area contributed by atoms with Crippen LogP contribution in [0.2, 0.25) is 5.02 Å². The minimum absolute atomic E-state index is 0.0371. The zero-order valence-electron chi connectivity index (χ0n) is 36.1. The fourth-order valence-electron chi connectivity index (χ4n) is 5.06. The highest BCUT2D eigenvalue weighted by atomic mass is 79.9. The third-order valence-corrected chi connectivity index (χ3v) is 10.0. The van der Waals surface area contributed by atoms with E-state index in [-0.39, 0.29) is 46.3 Å². The Balaban J connectivity index is 0.000000899. The minimum atomic E-state index is -4.69. The first-order valence-electron chi connectivity index (χ1n) is 18.9. The molecular formula is C40H51BrCl4F4N5O10P. The van der Waals surface area contributed by atoms with E-state index in [1.807, 2.05) is 32.0 Å². The molecule has 2 aromatic carbocycles. The number of rotatable bonds is 18. The highest BCUT2D eigenvalue weighted by molar-refractivity contribution is 9.10. The van der Waals surface area contributed by atoms with Crippen LogP contribution in [-0.2, 0) is 48.1 Å². The number of aromatic nitrogens is 2. The molecule has 3 rings (SSSR count). The van der Waals surface area contributed by atoms with Gasteiger partial charge in [0.25, 0.3) is 5.91 Å². The van der Waals surface area contributed by atoms with Gasteiger partial charge in [0.2, 0.25) is 5.91 Å². The second-order valence-corrected chi connectivity index (χ2v) is 17.4. The molecule has 65 heavy (non-hydrogen) atoms. The average molecular weight is 1090 g/mol. The molecule has 0 unspecified atom stereocenters. The van der Waals surface area contributed by atoms with Crippen molar-refractivity contribution in [3.63, 3.8) is 0 Å². The number of para-hydroxylation sites is 1. The number of hydrogen-bond acceptors (Lipinski definition) is 9. The highest BCUT2D eigenvalue weighted by Gasteiger charge is 2.39. The number of alkyl halides is 6. The molecule has 0 bridgehead atoms. The molecule has 364 valence electrons. The van der Waals surface area contributed by atoms with Gasteiger partial charge in [-0.05, 0) is 73.3 Å². The van der Waals surface area contributed by atoms with E-state index in [4.69, 9.17) is 70.8 Å².